The van der Waals surface area contributed by atoms with E-state index in [2.05, 4.69) is 16.8 Å². The lowest BCUT2D eigenvalue weighted by Gasteiger charge is -2.34. The van der Waals surface area contributed by atoms with E-state index in [1.54, 1.807) is 12.1 Å². The van der Waals surface area contributed by atoms with Crippen molar-refractivity contribution in [3.05, 3.63) is 35.4 Å². The van der Waals surface area contributed by atoms with Gasteiger partial charge in [0.15, 0.2) is 0 Å². The van der Waals surface area contributed by atoms with Gasteiger partial charge in [0, 0.05) is 25.2 Å². The first-order valence-corrected chi connectivity index (χ1v) is 8.41. The SMILES string of the molecule is C[C@H](O)CN1CCC(CN(C)Cc2ccc(C(N)=O)cc2)CC1. The zero-order chi connectivity index (χ0) is 16.8. The molecule has 0 radical (unpaired) electrons. The predicted octanol–water partition coefficient (Wildman–Crippen LogP) is 1.31. The lowest BCUT2D eigenvalue weighted by molar-refractivity contribution is 0.0919. The number of aliphatic hydroxyl groups excluding tert-OH is 1. The maximum atomic E-state index is 11.1. The summed E-state index contributed by atoms with van der Waals surface area (Å²) in [4.78, 5) is 15.8. The molecule has 1 aromatic carbocycles. The van der Waals surface area contributed by atoms with Crippen LogP contribution in [-0.2, 0) is 6.54 Å². The molecule has 23 heavy (non-hydrogen) atoms. The number of benzene rings is 1. The fraction of sp³-hybridized carbons (Fsp3) is 0.611. The van der Waals surface area contributed by atoms with Crippen molar-refractivity contribution in [1.82, 2.24) is 9.80 Å². The molecule has 1 aliphatic rings. The van der Waals surface area contributed by atoms with Gasteiger partial charge < -0.3 is 20.6 Å². The molecule has 0 aliphatic carbocycles. The van der Waals surface area contributed by atoms with Gasteiger partial charge in [-0.2, -0.15) is 0 Å². The molecule has 1 aromatic rings. The third-order valence-corrected chi connectivity index (χ3v) is 4.49. The van der Waals surface area contributed by atoms with Crippen molar-refractivity contribution in [3.63, 3.8) is 0 Å². The van der Waals surface area contributed by atoms with Gasteiger partial charge in [-0.25, -0.2) is 0 Å². The number of hydrogen-bond acceptors (Lipinski definition) is 4. The molecule has 1 saturated heterocycles. The minimum atomic E-state index is -0.381. The van der Waals surface area contributed by atoms with Gasteiger partial charge in [-0.15, -0.1) is 0 Å². The number of aliphatic hydroxyl groups is 1. The van der Waals surface area contributed by atoms with Gasteiger partial charge in [0.05, 0.1) is 6.10 Å². The van der Waals surface area contributed by atoms with E-state index < -0.39 is 0 Å². The molecule has 1 fully saturated rings. The Morgan fingerprint density at radius 1 is 1.35 bits per heavy atom. The number of piperidine rings is 1. The van der Waals surface area contributed by atoms with E-state index in [0.29, 0.717) is 5.56 Å². The van der Waals surface area contributed by atoms with E-state index in [4.69, 9.17) is 5.73 Å². The first-order chi connectivity index (χ1) is 10.9. The quantitative estimate of drug-likeness (QED) is 0.795. The molecule has 1 atom stereocenters. The van der Waals surface area contributed by atoms with Crippen LogP contribution in [0, 0.1) is 5.92 Å². The van der Waals surface area contributed by atoms with Crippen molar-refractivity contribution in [2.45, 2.75) is 32.4 Å². The molecular weight excluding hydrogens is 290 g/mol. The second-order valence-electron chi connectivity index (χ2n) is 6.85. The molecule has 0 bridgehead atoms. The van der Waals surface area contributed by atoms with Gasteiger partial charge in [-0.3, -0.25) is 4.79 Å². The largest absolute Gasteiger partial charge is 0.392 e. The average Bonchev–Trinajstić information content (AvgIpc) is 2.49. The minimum absolute atomic E-state index is 0.238. The smallest absolute Gasteiger partial charge is 0.248 e. The van der Waals surface area contributed by atoms with Crippen LogP contribution in [0.15, 0.2) is 24.3 Å². The number of primary amides is 1. The summed E-state index contributed by atoms with van der Waals surface area (Å²) in [5.41, 5.74) is 7.02. The van der Waals surface area contributed by atoms with Crippen LogP contribution in [0.3, 0.4) is 0 Å². The highest BCUT2D eigenvalue weighted by atomic mass is 16.3. The molecule has 1 aliphatic heterocycles. The summed E-state index contributed by atoms with van der Waals surface area (Å²) in [6.45, 7) is 6.76. The Labute approximate surface area is 139 Å². The summed E-state index contributed by atoms with van der Waals surface area (Å²) in [5.74, 6) is 0.337. The molecule has 1 heterocycles. The van der Waals surface area contributed by atoms with E-state index in [9.17, 15) is 9.90 Å². The Bertz CT molecular complexity index is 493. The lowest BCUT2D eigenvalue weighted by Crippen LogP contribution is -2.40. The number of nitrogens with two attached hydrogens (primary N) is 1. The molecule has 1 amide bonds. The van der Waals surface area contributed by atoms with Gasteiger partial charge >= 0.3 is 0 Å². The van der Waals surface area contributed by atoms with Gasteiger partial charge in [0.25, 0.3) is 0 Å². The Morgan fingerprint density at radius 2 is 1.96 bits per heavy atom. The van der Waals surface area contributed by atoms with Crippen LogP contribution < -0.4 is 5.73 Å². The highest BCUT2D eigenvalue weighted by Crippen LogP contribution is 2.19. The monoisotopic (exact) mass is 319 g/mol. The summed E-state index contributed by atoms with van der Waals surface area (Å²) in [7, 11) is 2.14. The van der Waals surface area contributed by atoms with E-state index >= 15 is 0 Å². The van der Waals surface area contributed by atoms with Gasteiger partial charge in [0.1, 0.15) is 0 Å². The Balaban J connectivity index is 1.75. The van der Waals surface area contributed by atoms with Crippen LogP contribution in [0.4, 0.5) is 0 Å². The summed E-state index contributed by atoms with van der Waals surface area (Å²) < 4.78 is 0. The van der Waals surface area contributed by atoms with E-state index in [0.717, 1.165) is 38.6 Å². The Hall–Kier alpha value is -1.43. The van der Waals surface area contributed by atoms with Crippen molar-refractivity contribution in [2.24, 2.45) is 11.7 Å². The van der Waals surface area contributed by atoms with E-state index in [1.807, 2.05) is 19.1 Å². The minimum Gasteiger partial charge on any atom is -0.392 e. The second-order valence-corrected chi connectivity index (χ2v) is 6.85. The van der Waals surface area contributed by atoms with Crippen molar-refractivity contribution in [2.75, 3.05) is 33.2 Å². The van der Waals surface area contributed by atoms with Crippen molar-refractivity contribution >= 4 is 5.91 Å². The van der Waals surface area contributed by atoms with Crippen molar-refractivity contribution in [1.29, 1.82) is 0 Å². The molecule has 0 saturated carbocycles. The zero-order valence-corrected chi connectivity index (χ0v) is 14.2. The number of nitrogens with zero attached hydrogens (tertiary/aromatic N) is 2. The van der Waals surface area contributed by atoms with Crippen LogP contribution in [0.25, 0.3) is 0 Å². The highest BCUT2D eigenvalue weighted by Gasteiger charge is 2.21. The van der Waals surface area contributed by atoms with Crippen LogP contribution in [0.2, 0.25) is 0 Å². The van der Waals surface area contributed by atoms with Crippen LogP contribution in [-0.4, -0.2) is 60.1 Å². The number of carbonyl (C=O) groups excluding carboxylic acids is 1. The van der Waals surface area contributed by atoms with Crippen LogP contribution >= 0.6 is 0 Å². The summed E-state index contributed by atoms with van der Waals surface area (Å²) in [5, 5.41) is 9.46. The molecule has 0 aromatic heterocycles. The third-order valence-electron chi connectivity index (χ3n) is 4.49. The number of amides is 1. The van der Waals surface area contributed by atoms with Gasteiger partial charge in [-0.1, -0.05) is 12.1 Å². The van der Waals surface area contributed by atoms with Crippen molar-refractivity contribution in [3.8, 4) is 0 Å². The maximum absolute atomic E-state index is 11.1. The number of β-amino-alcohol motifs (C(OH)–C–C–N with tert-alkyl or cyclic N) is 1. The molecule has 0 spiro atoms. The zero-order valence-electron chi connectivity index (χ0n) is 14.2. The third kappa shape index (κ3) is 5.94. The van der Waals surface area contributed by atoms with Gasteiger partial charge in [-0.05, 0) is 63.5 Å². The Kier molecular flexibility index (Phi) is 6.57. The molecule has 2 rings (SSSR count). The predicted molar refractivity (Wildman–Crippen MR) is 92.1 cm³/mol. The number of likely N-dealkylation sites (tertiary alicyclic amines) is 1. The van der Waals surface area contributed by atoms with Crippen LogP contribution in [0.1, 0.15) is 35.7 Å². The van der Waals surface area contributed by atoms with Crippen molar-refractivity contribution < 1.29 is 9.90 Å². The van der Waals surface area contributed by atoms with Crippen LogP contribution in [0.5, 0.6) is 0 Å². The maximum Gasteiger partial charge on any atom is 0.248 e. The fourth-order valence-corrected chi connectivity index (χ4v) is 3.32. The Morgan fingerprint density at radius 3 is 2.48 bits per heavy atom. The van der Waals surface area contributed by atoms with Gasteiger partial charge in [0.2, 0.25) is 5.91 Å². The molecule has 128 valence electrons. The molecule has 5 heteroatoms. The number of carbonyl (C=O) groups is 1. The molecule has 5 nitrogen and oxygen atoms in total. The van der Waals surface area contributed by atoms with E-state index in [-0.39, 0.29) is 12.0 Å². The standard InChI is InChI=1S/C18H29N3O2/c1-14(22)11-21-9-7-16(8-10-21)13-20(2)12-15-3-5-17(6-4-15)18(19)23/h3-6,14,16,22H,7-13H2,1-2H3,(H2,19,23)/t14-/m0/s1. The topological polar surface area (TPSA) is 69.8 Å². The first kappa shape index (κ1) is 17.9. The molecular formula is C18H29N3O2. The normalized spacial score (nSPS) is 18.3. The fourth-order valence-electron chi connectivity index (χ4n) is 3.32. The molecule has 3 N–H and O–H groups in total. The first-order valence-electron chi connectivity index (χ1n) is 8.41. The summed E-state index contributed by atoms with van der Waals surface area (Å²) in [6, 6.07) is 7.53. The second kappa shape index (κ2) is 8.43. The average molecular weight is 319 g/mol. The summed E-state index contributed by atoms with van der Waals surface area (Å²) >= 11 is 0. The summed E-state index contributed by atoms with van der Waals surface area (Å²) in [6.07, 6.45) is 2.15. The van der Waals surface area contributed by atoms with E-state index in [1.165, 1.54) is 18.4 Å². The number of rotatable bonds is 7. The molecule has 0 unspecified atom stereocenters. The highest BCUT2D eigenvalue weighted by molar-refractivity contribution is 5.92. The number of hydrogen-bond donors (Lipinski definition) is 2. The lowest BCUT2D eigenvalue weighted by atomic mass is 9.96.